The van der Waals surface area contributed by atoms with Crippen LogP contribution in [0.25, 0.3) is 0 Å². The third-order valence-electron chi connectivity index (χ3n) is 3.27. The van der Waals surface area contributed by atoms with Gasteiger partial charge in [-0.1, -0.05) is 12.2 Å². The molecular weight excluding hydrogens is 258 g/mol. The number of ether oxygens (including phenoxy) is 1. The molecule has 4 nitrogen and oxygen atoms in total. The Labute approximate surface area is 119 Å². The van der Waals surface area contributed by atoms with Crippen molar-refractivity contribution in [1.82, 2.24) is 4.98 Å². The predicted molar refractivity (Wildman–Crippen MR) is 81.7 cm³/mol. The smallest absolute Gasteiger partial charge is 0.136 e. The first-order valence-corrected chi connectivity index (χ1v) is 7.19. The highest BCUT2D eigenvalue weighted by atomic mass is 32.1. The summed E-state index contributed by atoms with van der Waals surface area (Å²) in [4.78, 5) is 5.08. The highest BCUT2D eigenvalue weighted by molar-refractivity contribution is 7.80. The van der Waals surface area contributed by atoms with E-state index in [9.17, 15) is 0 Å². The summed E-state index contributed by atoms with van der Waals surface area (Å²) in [7, 11) is 0. The van der Waals surface area contributed by atoms with E-state index in [2.05, 4.69) is 23.3 Å². The molecule has 0 fully saturated rings. The van der Waals surface area contributed by atoms with Gasteiger partial charge >= 0.3 is 0 Å². The van der Waals surface area contributed by atoms with E-state index in [1.807, 2.05) is 6.92 Å². The van der Waals surface area contributed by atoms with Crippen LogP contribution in [0.4, 0.5) is 5.82 Å². The van der Waals surface area contributed by atoms with Crippen molar-refractivity contribution in [3.05, 3.63) is 22.9 Å². The molecule has 104 valence electrons. The van der Waals surface area contributed by atoms with Crippen LogP contribution in [0.15, 0.2) is 6.07 Å². The third-order valence-corrected chi connectivity index (χ3v) is 3.49. The number of aromatic nitrogens is 1. The van der Waals surface area contributed by atoms with E-state index in [1.165, 1.54) is 11.3 Å². The Morgan fingerprint density at radius 3 is 3.05 bits per heavy atom. The zero-order chi connectivity index (χ0) is 13.8. The predicted octanol–water partition coefficient (Wildman–Crippen LogP) is 2.04. The molecular formula is C14H21N3OS. The molecule has 0 spiro atoms. The average molecular weight is 279 g/mol. The van der Waals surface area contributed by atoms with Gasteiger partial charge in [-0.3, -0.25) is 0 Å². The highest BCUT2D eigenvalue weighted by Gasteiger charge is 2.18. The second-order valence-electron chi connectivity index (χ2n) is 4.91. The minimum atomic E-state index is 0.181. The summed E-state index contributed by atoms with van der Waals surface area (Å²) < 4.78 is 5.41. The average Bonchev–Trinajstić information content (AvgIpc) is 2.82. The van der Waals surface area contributed by atoms with E-state index in [0.717, 1.165) is 30.6 Å². The number of nitrogens with one attached hydrogen (secondary N) is 1. The molecule has 1 aromatic rings. The Kier molecular flexibility index (Phi) is 4.71. The number of anilines is 1. The van der Waals surface area contributed by atoms with Gasteiger partial charge in [0.2, 0.25) is 0 Å². The quantitative estimate of drug-likeness (QED) is 0.780. The van der Waals surface area contributed by atoms with Gasteiger partial charge in [0.1, 0.15) is 10.8 Å². The van der Waals surface area contributed by atoms with Gasteiger partial charge in [-0.05, 0) is 44.7 Å². The molecule has 2 rings (SSSR count). The maximum atomic E-state index is 5.80. The number of thiocarbonyl (C=S) groups is 1. The van der Waals surface area contributed by atoms with Gasteiger partial charge < -0.3 is 15.8 Å². The van der Waals surface area contributed by atoms with Gasteiger partial charge in [-0.15, -0.1) is 0 Å². The van der Waals surface area contributed by atoms with Crippen molar-refractivity contribution >= 4 is 23.0 Å². The molecule has 0 aliphatic heterocycles. The lowest BCUT2D eigenvalue weighted by Gasteiger charge is -2.18. The normalized spacial score (nSPS) is 15.1. The van der Waals surface area contributed by atoms with E-state index in [-0.39, 0.29) is 6.04 Å². The number of hydrogen-bond acceptors (Lipinski definition) is 4. The summed E-state index contributed by atoms with van der Waals surface area (Å²) in [5.41, 5.74) is 9.11. The van der Waals surface area contributed by atoms with E-state index in [4.69, 9.17) is 22.7 Å². The van der Waals surface area contributed by atoms with Gasteiger partial charge in [0.25, 0.3) is 0 Å². The lowest BCUT2D eigenvalue weighted by Crippen LogP contribution is -2.25. The summed E-state index contributed by atoms with van der Waals surface area (Å²) in [5, 5.41) is 3.35. The van der Waals surface area contributed by atoms with Crippen LogP contribution in [0.3, 0.4) is 0 Å². The topological polar surface area (TPSA) is 60.2 Å². The molecule has 0 saturated carbocycles. The van der Waals surface area contributed by atoms with Crippen LogP contribution in [0.2, 0.25) is 0 Å². The van der Waals surface area contributed by atoms with Gasteiger partial charge in [0, 0.05) is 18.3 Å². The molecule has 1 heterocycles. The largest absolute Gasteiger partial charge is 0.389 e. The molecule has 0 radical (unpaired) electrons. The van der Waals surface area contributed by atoms with Crippen LogP contribution in [0.5, 0.6) is 0 Å². The zero-order valence-corrected chi connectivity index (χ0v) is 12.3. The molecule has 5 heteroatoms. The molecule has 1 unspecified atom stereocenters. The minimum Gasteiger partial charge on any atom is -0.389 e. The standard InChI is InChI=1S/C14H21N3OS/c1-3-18-8-9(2)16-14-11(13(15)19)7-10-5-4-6-12(10)17-14/h7,9H,3-6,8H2,1-2H3,(H2,15,19)(H,16,17). The molecule has 0 aromatic carbocycles. The van der Waals surface area contributed by atoms with Gasteiger partial charge in [0.15, 0.2) is 0 Å². The number of aryl methyl sites for hydroxylation is 2. The monoisotopic (exact) mass is 279 g/mol. The van der Waals surface area contributed by atoms with Gasteiger partial charge in [0.05, 0.1) is 12.2 Å². The van der Waals surface area contributed by atoms with E-state index in [1.54, 1.807) is 0 Å². The van der Waals surface area contributed by atoms with Gasteiger partial charge in [-0.25, -0.2) is 4.98 Å². The van der Waals surface area contributed by atoms with Crippen LogP contribution < -0.4 is 11.1 Å². The first kappa shape index (κ1) is 14.2. The van der Waals surface area contributed by atoms with Crippen molar-refractivity contribution in [3.63, 3.8) is 0 Å². The fourth-order valence-corrected chi connectivity index (χ4v) is 2.50. The molecule has 1 aliphatic rings. The molecule has 0 saturated heterocycles. The fraction of sp³-hybridized carbons (Fsp3) is 0.571. The Morgan fingerprint density at radius 2 is 2.37 bits per heavy atom. The van der Waals surface area contributed by atoms with E-state index in [0.29, 0.717) is 18.2 Å². The van der Waals surface area contributed by atoms with Crippen LogP contribution in [0, 0.1) is 0 Å². The van der Waals surface area contributed by atoms with Crippen LogP contribution >= 0.6 is 12.2 Å². The molecule has 19 heavy (non-hydrogen) atoms. The number of hydrogen-bond donors (Lipinski definition) is 2. The summed E-state index contributed by atoms with van der Waals surface area (Å²) in [6, 6.07) is 2.27. The Morgan fingerprint density at radius 1 is 1.58 bits per heavy atom. The van der Waals surface area contributed by atoms with Crippen molar-refractivity contribution in [3.8, 4) is 0 Å². The van der Waals surface area contributed by atoms with Crippen molar-refractivity contribution in [1.29, 1.82) is 0 Å². The minimum absolute atomic E-state index is 0.181. The van der Waals surface area contributed by atoms with Crippen LogP contribution in [-0.4, -0.2) is 29.2 Å². The Hall–Kier alpha value is -1.20. The third kappa shape index (κ3) is 3.42. The summed E-state index contributed by atoms with van der Waals surface area (Å²) >= 11 is 5.13. The zero-order valence-electron chi connectivity index (χ0n) is 11.5. The Balaban J connectivity index is 2.20. The SMILES string of the molecule is CCOCC(C)Nc1nc2c(cc1C(N)=S)CCC2. The van der Waals surface area contributed by atoms with Crippen molar-refractivity contribution < 1.29 is 4.74 Å². The second-order valence-corrected chi connectivity index (χ2v) is 5.35. The van der Waals surface area contributed by atoms with E-state index >= 15 is 0 Å². The summed E-state index contributed by atoms with van der Waals surface area (Å²) in [6.07, 6.45) is 3.28. The maximum Gasteiger partial charge on any atom is 0.136 e. The molecule has 1 aromatic heterocycles. The maximum absolute atomic E-state index is 5.80. The number of fused-ring (bicyclic) bond motifs is 1. The first-order valence-electron chi connectivity index (χ1n) is 6.78. The molecule has 0 bridgehead atoms. The van der Waals surface area contributed by atoms with Crippen molar-refractivity contribution in [2.24, 2.45) is 5.73 Å². The van der Waals surface area contributed by atoms with Crippen LogP contribution in [0.1, 0.15) is 37.1 Å². The lowest BCUT2D eigenvalue weighted by atomic mass is 10.1. The Bertz CT molecular complexity index is 476. The second kappa shape index (κ2) is 6.30. The van der Waals surface area contributed by atoms with E-state index < -0.39 is 0 Å². The molecule has 1 aliphatic carbocycles. The van der Waals surface area contributed by atoms with Gasteiger partial charge in [-0.2, -0.15) is 0 Å². The first-order chi connectivity index (χ1) is 9.11. The highest BCUT2D eigenvalue weighted by Crippen LogP contribution is 2.25. The molecule has 0 amide bonds. The number of nitrogens with two attached hydrogens (primary N) is 1. The summed E-state index contributed by atoms with van der Waals surface area (Å²) in [5.74, 6) is 0.792. The number of nitrogens with zero attached hydrogens (tertiary/aromatic N) is 1. The molecule has 1 atom stereocenters. The molecule has 3 N–H and O–H groups in total. The summed E-state index contributed by atoms with van der Waals surface area (Å²) in [6.45, 7) is 5.41. The lowest BCUT2D eigenvalue weighted by molar-refractivity contribution is 0.141. The fourth-order valence-electron chi connectivity index (χ4n) is 2.34. The number of pyridine rings is 1. The van der Waals surface area contributed by atoms with Crippen molar-refractivity contribution in [2.75, 3.05) is 18.5 Å². The van der Waals surface area contributed by atoms with Crippen LogP contribution in [-0.2, 0) is 17.6 Å². The van der Waals surface area contributed by atoms with Crippen molar-refractivity contribution in [2.45, 2.75) is 39.2 Å². The number of rotatable bonds is 6.